The molecule has 3 rings (SSSR count). The molecule has 0 saturated carbocycles. The molecular weight excluding hydrogens is 338 g/mol. The van der Waals surface area contributed by atoms with Crippen LogP contribution in [-0.4, -0.2) is 36.9 Å². The predicted molar refractivity (Wildman–Crippen MR) is 98.7 cm³/mol. The number of benzene rings is 1. The Kier molecular flexibility index (Phi) is 5.03. The largest absolute Gasteiger partial charge is 0.380 e. The van der Waals surface area contributed by atoms with Gasteiger partial charge in [-0.05, 0) is 30.5 Å². The van der Waals surface area contributed by atoms with Gasteiger partial charge in [-0.3, -0.25) is 9.78 Å². The average molecular weight is 359 g/mol. The Morgan fingerprint density at radius 2 is 2.08 bits per heavy atom. The van der Waals surface area contributed by atoms with Crippen molar-refractivity contribution in [2.45, 2.75) is 25.8 Å². The fourth-order valence-corrected chi connectivity index (χ4v) is 4.61. The second kappa shape index (κ2) is 7.23. The molecule has 1 aliphatic rings. The van der Waals surface area contributed by atoms with Crippen LogP contribution >= 0.6 is 0 Å². The maximum atomic E-state index is 12.5. The molecule has 1 saturated heterocycles. The molecular formula is C18H21N3O3S. The molecule has 1 unspecified atom stereocenters. The van der Waals surface area contributed by atoms with Gasteiger partial charge < -0.3 is 10.6 Å². The van der Waals surface area contributed by atoms with E-state index in [4.69, 9.17) is 0 Å². The Bertz CT molecular complexity index is 881. The van der Waals surface area contributed by atoms with Crippen LogP contribution in [0.2, 0.25) is 0 Å². The second-order valence-electron chi connectivity index (χ2n) is 6.17. The molecule has 1 aromatic heterocycles. The van der Waals surface area contributed by atoms with E-state index in [1.54, 1.807) is 12.3 Å². The van der Waals surface area contributed by atoms with E-state index >= 15 is 0 Å². The number of hydrogen-bond acceptors (Lipinski definition) is 5. The topological polar surface area (TPSA) is 88.2 Å². The Hall–Kier alpha value is -2.41. The lowest BCUT2D eigenvalue weighted by molar-refractivity contribution is 0.102. The van der Waals surface area contributed by atoms with E-state index in [1.807, 2.05) is 31.2 Å². The zero-order valence-electron chi connectivity index (χ0n) is 14.0. The van der Waals surface area contributed by atoms with Gasteiger partial charge in [0.05, 0.1) is 22.8 Å². The third kappa shape index (κ3) is 4.36. The highest BCUT2D eigenvalue weighted by Crippen LogP contribution is 2.20. The number of sulfone groups is 1. The van der Waals surface area contributed by atoms with E-state index in [0.29, 0.717) is 17.7 Å². The van der Waals surface area contributed by atoms with Crippen molar-refractivity contribution < 1.29 is 13.2 Å². The molecule has 0 aliphatic carbocycles. The van der Waals surface area contributed by atoms with Gasteiger partial charge in [0.25, 0.3) is 5.91 Å². The standard InChI is InChI=1S/C18H21N3O3S/c1-2-13-5-3-4-6-17(13)21-18(22)14-9-16(11-19-10-14)20-15-7-8-25(23,24)12-15/h3-6,9-11,15,20H,2,7-8,12H2,1H3,(H,21,22). The molecule has 1 aromatic carbocycles. The first-order chi connectivity index (χ1) is 12.0. The van der Waals surface area contributed by atoms with Gasteiger partial charge in [-0.1, -0.05) is 25.1 Å². The monoisotopic (exact) mass is 359 g/mol. The number of aromatic nitrogens is 1. The van der Waals surface area contributed by atoms with Gasteiger partial charge in [0.15, 0.2) is 9.84 Å². The predicted octanol–water partition coefficient (Wildman–Crippen LogP) is 2.50. The molecule has 0 spiro atoms. The van der Waals surface area contributed by atoms with Gasteiger partial charge in [-0.15, -0.1) is 0 Å². The van der Waals surface area contributed by atoms with Crippen molar-refractivity contribution >= 4 is 27.1 Å². The fourth-order valence-electron chi connectivity index (χ4n) is 2.93. The Balaban J connectivity index is 1.71. The van der Waals surface area contributed by atoms with E-state index in [-0.39, 0.29) is 23.5 Å². The minimum absolute atomic E-state index is 0.118. The molecule has 1 aliphatic heterocycles. The van der Waals surface area contributed by atoms with Crippen molar-refractivity contribution in [1.82, 2.24) is 4.98 Å². The number of nitrogens with zero attached hydrogens (tertiary/aromatic N) is 1. The minimum Gasteiger partial charge on any atom is -0.380 e. The van der Waals surface area contributed by atoms with E-state index in [1.165, 1.54) is 6.20 Å². The Morgan fingerprint density at radius 1 is 1.28 bits per heavy atom. The average Bonchev–Trinajstić information content (AvgIpc) is 2.94. The van der Waals surface area contributed by atoms with Crippen molar-refractivity contribution in [3.8, 4) is 0 Å². The molecule has 1 atom stereocenters. The van der Waals surface area contributed by atoms with Crippen LogP contribution in [0.5, 0.6) is 0 Å². The zero-order chi connectivity index (χ0) is 17.9. The summed E-state index contributed by atoms with van der Waals surface area (Å²) in [5.74, 6) is 0.0791. The normalized spacial score (nSPS) is 18.7. The molecule has 0 radical (unpaired) electrons. The van der Waals surface area contributed by atoms with Crippen LogP contribution in [0.3, 0.4) is 0 Å². The van der Waals surface area contributed by atoms with E-state index in [0.717, 1.165) is 17.7 Å². The van der Waals surface area contributed by atoms with Gasteiger partial charge in [-0.25, -0.2) is 8.42 Å². The van der Waals surface area contributed by atoms with Gasteiger partial charge in [0.1, 0.15) is 0 Å². The Morgan fingerprint density at radius 3 is 2.80 bits per heavy atom. The van der Waals surface area contributed by atoms with Crippen LogP contribution in [0.4, 0.5) is 11.4 Å². The highest BCUT2D eigenvalue weighted by molar-refractivity contribution is 7.91. The number of pyridine rings is 1. The third-order valence-electron chi connectivity index (χ3n) is 4.25. The summed E-state index contributed by atoms with van der Waals surface area (Å²) in [6, 6.07) is 9.23. The molecule has 0 bridgehead atoms. The summed E-state index contributed by atoms with van der Waals surface area (Å²) in [5, 5.41) is 6.07. The second-order valence-corrected chi connectivity index (χ2v) is 8.40. The summed E-state index contributed by atoms with van der Waals surface area (Å²) in [6.07, 6.45) is 4.50. The molecule has 6 nitrogen and oxygen atoms in total. The first-order valence-corrected chi connectivity index (χ1v) is 10.1. The molecule has 7 heteroatoms. The lowest BCUT2D eigenvalue weighted by atomic mass is 10.1. The first kappa shape index (κ1) is 17.4. The van der Waals surface area contributed by atoms with Gasteiger partial charge in [0.2, 0.25) is 0 Å². The number of hydrogen-bond donors (Lipinski definition) is 2. The fraction of sp³-hybridized carbons (Fsp3) is 0.333. The number of rotatable bonds is 5. The van der Waals surface area contributed by atoms with Crippen molar-refractivity contribution in [3.05, 3.63) is 53.9 Å². The van der Waals surface area contributed by atoms with E-state index < -0.39 is 9.84 Å². The lowest BCUT2D eigenvalue weighted by Gasteiger charge is -2.13. The van der Waals surface area contributed by atoms with Crippen molar-refractivity contribution in [2.75, 3.05) is 22.1 Å². The van der Waals surface area contributed by atoms with Crippen LogP contribution < -0.4 is 10.6 Å². The number of amides is 1. The minimum atomic E-state index is -2.95. The quantitative estimate of drug-likeness (QED) is 0.856. The molecule has 132 valence electrons. The van der Waals surface area contributed by atoms with Crippen LogP contribution in [0, 0.1) is 0 Å². The van der Waals surface area contributed by atoms with Crippen LogP contribution in [0.15, 0.2) is 42.7 Å². The van der Waals surface area contributed by atoms with E-state index in [2.05, 4.69) is 15.6 Å². The molecule has 1 fully saturated rings. The van der Waals surface area contributed by atoms with Crippen LogP contribution in [0.1, 0.15) is 29.3 Å². The van der Waals surface area contributed by atoms with Crippen molar-refractivity contribution in [3.63, 3.8) is 0 Å². The molecule has 25 heavy (non-hydrogen) atoms. The van der Waals surface area contributed by atoms with Gasteiger partial charge in [0, 0.05) is 24.1 Å². The van der Waals surface area contributed by atoms with Gasteiger partial charge >= 0.3 is 0 Å². The third-order valence-corrected chi connectivity index (χ3v) is 6.02. The maximum absolute atomic E-state index is 12.5. The summed E-state index contributed by atoms with van der Waals surface area (Å²) in [6.45, 7) is 2.03. The molecule has 2 heterocycles. The summed E-state index contributed by atoms with van der Waals surface area (Å²) in [7, 11) is -2.95. The molecule has 2 N–H and O–H groups in total. The number of carbonyl (C=O) groups excluding carboxylic acids is 1. The SMILES string of the molecule is CCc1ccccc1NC(=O)c1cncc(NC2CCS(=O)(=O)C2)c1. The maximum Gasteiger partial charge on any atom is 0.257 e. The summed E-state index contributed by atoms with van der Waals surface area (Å²) in [5.41, 5.74) is 2.93. The van der Waals surface area contributed by atoms with Crippen molar-refractivity contribution in [2.24, 2.45) is 0 Å². The van der Waals surface area contributed by atoms with Crippen LogP contribution in [0.25, 0.3) is 0 Å². The highest BCUT2D eigenvalue weighted by atomic mass is 32.2. The Labute approximate surface area is 147 Å². The smallest absolute Gasteiger partial charge is 0.257 e. The number of para-hydroxylation sites is 1. The molecule has 1 amide bonds. The summed E-state index contributed by atoms with van der Waals surface area (Å²) >= 11 is 0. The number of anilines is 2. The summed E-state index contributed by atoms with van der Waals surface area (Å²) in [4.78, 5) is 16.6. The lowest BCUT2D eigenvalue weighted by Crippen LogP contribution is -2.21. The first-order valence-electron chi connectivity index (χ1n) is 8.28. The molecule has 2 aromatic rings. The van der Waals surface area contributed by atoms with Crippen LogP contribution in [-0.2, 0) is 16.3 Å². The summed E-state index contributed by atoms with van der Waals surface area (Å²) < 4.78 is 23.1. The zero-order valence-corrected chi connectivity index (χ0v) is 14.8. The van der Waals surface area contributed by atoms with Crippen molar-refractivity contribution in [1.29, 1.82) is 0 Å². The number of carbonyl (C=O) groups is 1. The van der Waals surface area contributed by atoms with Gasteiger partial charge in [-0.2, -0.15) is 0 Å². The highest BCUT2D eigenvalue weighted by Gasteiger charge is 2.27. The van der Waals surface area contributed by atoms with E-state index in [9.17, 15) is 13.2 Å². The number of nitrogens with one attached hydrogen (secondary N) is 2. The number of aryl methyl sites for hydroxylation is 1.